The third-order valence-electron chi connectivity index (χ3n) is 3.89. The van der Waals surface area contributed by atoms with E-state index in [9.17, 15) is 0 Å². The highest BCUT2D eigenvalue weighted by molar-refractivity contribution is 6.30. The van der Waals surface area contributed by atoms with Gasteiger partial charge >= 0.3 is 0 Å². The number of benzene rings is 2. The molecule has 0 amide bonds. The second kappa shape index (κ2) is 6.43. The van der Waals surface area contributed by atoms with Gasteiger partial charge in [-0.2, -0.15) is 0 Å². The summed E-state index contributed by atoms with van der Waals surface area (Å²) in [5.74, 6) is 0. The van der Waals surface area contributed by atoms with E-state index in [1.165, 1.54) is 22.6 Å². The smallest absolute Gasteiger partial charge is 0.0644 e. The van der Waals surface area contributed by atoms with Crippen molar-refractivity contribution in [1.82, 2.24) is 4.57 Å². The second-order valence-corrected chi connectivity index (χ2v) is 6.18. The molecule has 0 N–H and O–H groups in total. The molecule has 0 atom stereocenters. The van der Waals surface area contributed by atoms with Gasteiger partial charge in [0.1, 0.15) is 0 Å². The molecule has 0 aliphatic heterocycles. The van der Waals surface area contributed by atoms with Crippen LogP contribution in [-0.4, -0.2) is 10.8 Å². The average Bonchev–Trinajstić information content (AvgIpc) is 2.79. The van der Waals surface area contributed by atoms with E-state index >= 15 is 0 Å². The Morgan fingerprint density at radius 3 is 2.48 bits per heavy atom. The molecule has 0 fully saturated rings. The first-order chi connectivity index (χ1) is 11.0. The highest BCUT2D eigenvalue weighted by atomic mass is 35.5. The monoisotopic (exact) mass is 322 g/mol. The van der Waals surface area contributed by atoms with Gasteiger partial charge in [0.2, 0.25) is 0 Å². The summed E-state index contributed by atoms with van der Waals surface area (Å²) in [5, 5.41) is 0.699. The van der Waals surface area contributed by atoms with Gasteiger partial charge in [0, 0.05) is 33.9 Å². The Kier molecular flexibility index (Phi) is 4.35. The van der Waals surface area contributed by atoms with Gasteiger partial charge < -0.3 is 4.57 Å². The number of halogens is 1. The molecule has 0 saturated heterocycles. The molecule has 0 bridgehead atoms. The van der Waals surface area contributed by atoms with Crippen LogP contribution in [0, 0.1) is 20.8 Å². The molecule has 0 radical (unpaired) electrons. The van der Waals surface area contributed by atoms with Crippen molar-refractivity contribution in [2.45, 2.75) is 20.8 Å². The van der Waals surface area contributed by atoms with E-state index in [0.29, 0.717) is 5.02 Å². The normalized spacial score (nSPS) is 11.3. The highest BCUT2D eigenvalue weighted by Gasteiger charge is 2.09. The van der Waals surface area contributed by atoms with Gasteiger partial charge in [0.05, 0.1) is 5.69 Å². The van der Waals surface area contributed by atoms with Gasteiger partial charge in [0.15, 0.2) is 0 Å². The van der Waals surface area contributed by atoms with Crippen LogP contribution in [0.25, 0.3) is 5.69 Å². The van der Waals surface area contributed by atoms with Crippen LogP contribution in [0.15, 0.2) is 59.6 Å². The number of aliphatic imine (C=N–C) groups is 1. The van der Waals surface area contributed by atoms with Gasteiger partial charge in [-0.1, -0.05) is 29.8 Å². The van der Waals surface area contributed by atoms with Crippen molar-refractivity contribution in [2.75, 3.05) is 0 Å². The van der Waals surface area contributed by atoms with Crippen LogP contribution in [0.3, 0.4) is 0 Å². The Bertz CT molecular complexity index is 875. The molecule has 1 aromatic heterocycles. The van der Waals surface area contributed by atoms with E-state index in [1.54, 1.807) is 0 Å². The predicted molar refractivity (Wildman–Crippen MR) is 98.7 cm³/mol. The van der Waals surface area contributed by atoms with E-state index in [1.807, 2.05) is 30.5 Å². The fourth-order valence-electron chi connectivity index (χ4n) is 2.78. The minimum absolute atomic E-state index is 0.699. The first kappa shape index (κ1) is 15.6. The Labute approximate surface area is 142 Å². The van der Waals surface area contributed by atoms with Crippen molar-refractivity contribution in [3.05, 3.63) is 82.1 Å². The van der Waals surface area contributed by atoms with Gasteiger partial charge in [0.25, 0.3) is 0 Å². The minimum Gasteiger partial charge on any atom is -0.318 e. The van der Waals surface area contributed by atoms with Crippen LogP contribution in [0.1, 0.15) is 22.5 Å². The Morgan fingerprint density at radius 1 is 0.957 bits per heavy atom. The molecule has 23 heavy (non-hydrogen) atoms. The van der Waals surface area contributed by atoms with Crippen LogP contribution < -0.4 is 0 Å². The zero-order valence-electron chi connectivity index (χ0n) is 13.5. The highest BCUT2D eigenvalue weighted by Crippen LogP contribution is 2.22. The van der Waals surface area contributed by atoms with Crippen molar-refractivity contribution in [3.63, 3.8) is 0 Å². The van der Waals surface area contributed by atoms with E-state index in [-0.39, 0.29) is 0 Å². The molecule has 116 valence electrons. The van der Waals surface area contributed by atoms with Crippen molar-refractivity contribution in [2.24, 2.45) is 4.99 Å². The maximum atomic E-state index is 6.00. The standard InChI is InChI=1S/C20H19ClN2/c1-14-6-4-9-20(10-14)23-15(2)11-17(16(23)3)13-22-19-8-5-7-18(21)12-19/h4-13H,1-3H3. The summed E-state index contributed by atoms with van der Waals surface area (Å²) in [6.45, 7) is 6.35. The van der Waals surface area contributed by atoms with Crippen LogP contribution in [0.2, 0.25) is 5.02 Å². The van der Waals surface area contributed by atoms with Crippen molar-refractivity contribution in [1.29, 1.82) is 0 Å². The van der Waals surface area contributed by atoms with E-state index in [2.05, 4.69) is 60.7 Å². The van der Waals surface area contributed by atoms with Crippen LogP contribution in [0.5, 0.6) is 0 Å². The number of nitrogens with zero attached hydrogens (tertiary/aromatic N) is 2. The summed E-state index contributed by atoms with van der Waals surface area (Å²) < 4.78 is 2.26. The largest absolute Gasteiger partial charge is 0.318 e. The van der Waals surface area contributed by atoms with Crippen molar-refractivity contribution >= 4 is 23.5 Å². The summed E-state index contributed by atoms with van der Waals surface area (Å²) in [4.78, 5) is 4.54. The van der Waals surface area contributed by atoms with Gasteiger partial charge in [-0.15, -0.1) is 0 Å². The molecule has 3 aromatic rings. The van der Waals surface area contributed by atoms with Crippen LogP contribution in [-0.2, 0) is 0 Å². The zero-order chi connectivity index (χ0) is 16.4. The third-order valence-corrected chi connectivity index (χ3v) is 4.13. The molecule has 3 heteroatoms. The summed E-state index contributed by atoms with van der Waals surface area (Å²) in [6, 6.07) is 18.2. The number of aryl methyl sites for hydroxylation is 2. The second-order valence-electron chi connectivity index (χ2n) is 5.74. The molecule has 1 heterocycles. The molecular formula is C20H19ClN2. The molecular weight excluding hydrogens is 304 g/mol. The first-order valence-corrected chi connectivity index (χ1v) is 7.98. The maximum absolute atomic E-state index is 6.00. The van der Waals surface area contributed by atoms with Gasteiger partial charge in [-0.05, 0) is 62.7 Å². The van der Waals surface area contributed by atoms with Crippen molar-refractivity contribution in [3.8, 4) is 5.69 Å². The molecule has 0 saturated carbocycles. The lowest BCUT2D eigenvalue weighted by molar-refractivity contribution is 0.963. The Morgan fingerprint density at radius 2 is 1.74 bits per heavy atom. The fourth-order valence-corrected chi connectivity index (χ4v) is 2.97. The maximum Gasteiger partial charge on any atom is 0.0644 e. The summed E-state index contributed by atoms with van der Waals surface area (Å²) >= 11 is 6.00. The van der Waals surface area contributed by atoms with E-state index in [0.717, 1.165) is 11.3 Å². The predicted octanol–water partition coefficient (Wildman–Crippen LogP) is 5.81. The fraction of sp³-hybridized carbons (Fsp3) is 0.150. The molecule has 0 aliphatic carbocycles. The zero-order valence-corrected chi connectivity index (χ0v) is 14.3. The van der Waals surface area contributed by atoms with Gasteiger partial charge in [-0.25, -0.2) is 0 Å². The number of aromatic nitrogens is 1. The summed E-state index contributed by atoms with van der Waals surface area (Å²) in [6.07, 6.45) is 1.90. The number of rotatable bonds is 3. The summed E-state index contributed by atoms with van der Waals surface area (Å²) in [7, 11) is 0. The summed E-state index contributed by atoms with van der Waals surface area (Å²) in [5.41, 5.74) is 6.79. The average molecular weight is 323 g/mol. The Hall–Kier alpha value is -2.32. The Balaban J connectivity index is 1.98. The number of hydrogen-bond acceptors (Lipinski definition) is 1. The third kappa shape index (κ3) is 3.38. The van der Waals surface area contributed by atoms with Crippen molar-refractivity contribution < 1.29 is 0 Å². The molecule has 0 unspecified atom stereocenters. The molecule has 3 rings (SSSR count). The molecule has 0 aliphatic rings. The van der Waals surface area contributed by atoms with Gasteiger partial charge in [-0.3, -0.25) is 4.99 Å². The molecule has 0 spiro atoms. The van der Waals surface area contributed by atoms with E-state index in [4.69, 9.17) is 11.6 Å². The minimum atomic E-state index is 0.699. The van der Waals surface area contributed by atoms with E-state index < -0.39 is 0 Å². The number of hydrogen-bond donors (Lipinski definition) is 0. The lowest BCUT2D eigenvalue weighted by Gasteiger charge is -2.10. The SMILES string of the molecule is Cc1cccc(-n2c(C)cc(C=Nc3cccc(Cl)c3)c2C)c1. The lowest BCUT2D eigenvalue weighted by atomic mass is 10.2. The van der Waals surface area contributed by atoms with Crippen LogP contribution >= 0.6 is 11.6 Å². The topological polar surface area (TPSA) is 17.3 Å². The first-order valence-electron chi connectivity index (χ1n) is 7.60. The lowest BCUT2D eigenvalue weighted by Crippen LogP contribution is -1.99. The molecule has 2 aromatic carbocycles. The molecule has 2 nitrogen and oxygen atoms in total. The van der Waals surface area contributed by atoms with Crippen LogP contribution in [0.4, 0.5) is 5.69 Å². The quantitative estimate of drug-likeness (QED) is 0.542.